The first kappa shape index (κ1) is 21.7. The molecule has 4 N–H and O–H groups in total. The molecular weight excluding hydrogens is 348 g/mol. The van der Waals surface area contributed by atoms with E-state index in [-0.39, 0.29) is 18.3 Å². The lowest BCUT2D eigenvalue weighted by Gasteiger charge is -2.23. The first-order chi connectivity index (χ1) is 13.0. The van der Waals surface area contributed by atoms with E-state index in [1.54, 1.807) is 12.5 Å². The topological polar surface area (TPSA) is 111 Å². The fourth-order valence-electron chi connectivity index (χ4n) is 3.95. The molecule has 0 saturated heterocycles. The van der Waals surface area contributed by atoms with Gasteiger partial charge in [0.25, 0.3) is 0 Å². The van der Waals surface area contributed by atoms with Gasteiger partial charge in [0.1, 0.15) is 0 Å². The summed E-state index contributed by atoms with van der Waals surface area (Å²) < 4.78 is 5.02. The van der Waals surface area contributed by atoms with E-state index in [4.69, 9.17) is 9.52 Å². The monoisotopic (exact) mass is 380 g/mol. The summed E-state index contributed by atoms with van der Waals surface area (Å²) in [5, 5.41) is 39.4. The van der Waals surface area contributed by atoms with Gasteiger partial charge in [0.15, 0.2) is 0 Å². The van der Waals surface area contributed by atoms with E-state index >= 15 is 0 Å². The first-order valence-corrected chi connectivity index (χ1v) is 9.89. The Hall–Kier alpha value is -1.63. The van der Waals surface area contributed by atoms with Crippen LogP contribution in [0.25, 0.3) is 0 Å². The minimum absolute atomic E-state index is 0.0169. The lowest BCUT2D eigenvalue weighted by atomic mass is 9.85. The summed E-state index contributed by atoms with van der Waals surface area (Å²) in [5.41, 5.74) is 1.07. The number of carboxylic acid groups (broad SMARTS) is 1. The Labute approximate surface area is 160 Å². The number of allylic oxidation sites excluding steroid dienone is 2. The Kier molecular flexibility index (Phi) is 9.04. The van der Waals surface area contributed by atoms with Gasteiger partial charge in [-0.2, -0.15) is 0 Å². The van der Waals surface area contributed by atoms with Crippen LogP contribution in [-0.2, 0) is 11.2 Å². The standard InChI is InChI=1S/C21H32O6/c22-16(8-7-15-11-12-27-14-15)9-10-18-17(19(23)13-20(18)24)5-3-1-2-4-6-21(25)26/h1,3,11-12,14,16-20,22-24H,2,4-10,13H2,(H,25,26)/b3-1-/t16?,17?,18?,19-,20+/m0/s1. The molecule has 2 rings (SSSR count). The fourth-order valence-corrected chi connectivity index (χ4v) is 3.95. The highest BCUT2D eigenvalue weighted by molar-refractivity contribution is 5.66. The third kappa shape index (κ3) is 7.48. The zero-order valence-corrected chi connectivity index (χ0v) is 15.7. The molecule has 0 amide bonds. The van der Waals surface area contributed by atoms with Crippen molar-refractivity contribution in [3.05, 3.63) is 36.3 Å². The van der Waals surface area contributed by atoms with Crippen LogP contribution in [0.5, 0.6) is 0 Å². The molecule has 0 spiro atoms. The van der Waals surface area contributed by atoms with E-state index in [1.165, 1.54) is 0 Å². The van der Waals surface area contributed by atoms with Gasteiger partial charge < -0.3 is 24.8 Å². The first-order valence-electron chi connectivity index (χ1n) is 9.89. The minimum Gasteiger partial charge on any atom is -0.481 e. The number of aliphatic hydroxyl groups excluding tert-OH is 3. The van der Waals surface area contributed by atoms with Crippen LogP contribution in [0.1, 0.15) is 56.9 Å². The zero-order valence-electron chi connectivity index (χ0n) is 15.7. The average Bonchev–Trinajstić information content (AvgIpc) is 3.22. The molecule has 1 aromatic rings. The Bertz CT molecular complexity index is 567. The van der Waals surface area contributed by atoms with Crippen molar-refractivity contribution in [3.63, 3.8) is 0 Å². The Morgan fingerprint density at radius 1 is 1.22 bits per heavy atom. The molecule has 0 aromatic carbocycles. The van der Waals surface area contributed by atoms with Crippen LogP contribution in [0.4, 0.5) is 0 Å². The average molecular weight is 380 g/mol. The smallest absolute Gasteiger partial charge is 0.303 e. The van der Waals surface area contributed by atoms with Crippen molar-refractivity contribution in [3.8, 4) is 0 Å². The van der Waals surface area contributed by atoms with E-state index in [0.717, 1.165) is 12.0 Å². The van der Waals surface area contributed by atoms with Gasteiger partial charge in [0.2, 0.25) is 0 Å². The van der Waals surface area contributed by atoms with E-state index in [1.807, 2.05) is 18.2 Å². The molecule has 1 heterocycles. The molecule has 27 heavy (non-hydrogen) atoms. The van der Waals surface area contributed by atoms with Crippen LogP contribution < -0.4 is 0 Å². The van der Waals surface area contributed by atoms with Crippen molar-refractivity contribution in [2.45, 2.75) is 76.1 Å². The number of aryl methyl sites for hydroxylation is 1. The van der Waals surface area contributed by atoms with Gasteiger partial charge in [-0.05, 0) is 74.8 Å². The molecule has 1 aliphatic carbocycles. The quantitative estimate of drug-likeness (QED) is 0.328. The predicted molar refractivity (Wildman–Crippen MR) is 101 cm³/mol. The van der Waals surface area contributed by atoms with Crippen molar-refractivity contribution >= 4 is 5.97 Å². The van der Waals surface area contributed by atoms with Gasteiger partial charge in [-0.25, -0.2) is 0 Å². The maximum atomic E-state index is 10.5. The minimum atomic E-state index is -0.788. The summed E-state index contributed by atoms with van der Waals surface area (Å²) >= 11 is 0. The van der Waals surface area contributed by atoms with Crippen molar-refractivity contribution in [2.75, 3.05) is 0 Å². The van der Waals surface area contributed by atoms with Gasteiger partial charge >= 0.3 is 5.97 Å². The van der Waals surface area contributed by atoms with Crippen molar-refractivity contribution in [1.29, 1.82) is 0 Å². The van der Waals surface area contributed by atoms with Crippen LogP contribution in [-0.4, -0.2) is 44.7 Å². The van der Waals surface area contributed by atoms with Crippen molar-refractivity contribution < 1.29 is 29.6 Å². The van der Waals surface area contributed by atoms with Crippen LogP contribution in [0.15, 0.2) is 35.2 Å². The van der Waals surface area contributed by atoms with Gasteiger partial charge in [-0.1, -0.05) is 12.2 Å². The van der Waals surface area contributed by atoms with Crippen molar-refractivity contribution in [1.82, 2.24) is 0 Å². The fraction of sp³-hybridized carbons (Fsp3) is 0.667. The molecule has 1 saturated carbocycles. The lowest BCUT2D eigenvalue weighted by Crippen LogP contribution is -2.23. The molecule has 3 unspecified atom stereocenters. The third-order valence-corrected chi connectivity index (χ3v) is 5.54. The third-order valence-electron chi connectivity index (χ3n) is 5.54. The van der Waals surface area contributed by atoms with E-state index in [0.29, 0.717) is 44.9 Å². The highest BCUT2D eigenvalue weighted by Crippen LogP contribution is 2.38. The molecular formula is C21H32O6. The Morgan fingerprint density at radius 2 is 2.00 bits per heavy atom. The Balaban J connectivity index is 1.73. The molecule has 6 heteroatoms. The number of furan rings is 1. The molecule has 1 aliphatic rings. The molecule has 5 atom stereocenters. The molecule has 152 valence electrons. The van der Waals surface area contributed by atoms with Gasteiger partial charge in [-0.15, -0.1) is 0 Å². The number of aliphatic carboxylic acids is 1. The van der Waals surface area contributed by atoms with Crippen LogP contribution in [0.2, 0.25) is 0 Å². The number of hydrogen-bond donors (Lipinski definition) is 4. The summed E-state index contributed by atoms with van der Waals surface area (Å²) in [4.78, 5) is 10.5. The van der Waals surface area contributed by atoms with Gasteiger partial charge in [0, 0.05) is 6.42 Å². The number of carboxylic acids is 1. The number of hydrogen-bond acceptors (Lipinski definition) is 5. The van der Waals surface area contributed by atoms with Crippen LogP contribution in [0, 0.1) is 11.8 Å². The zero-order chi connectivity index (χ0) is 19.6. The second kappa shape index (κ2) is 11.3. The second-order valence-corrected chi connectivity index (χ2v) is 7.59. The maximum Gasteiger partial charge on any atom is 0.303 e. The summed E-state index contributed by atoms with van der Waals surface area (Å²) in [6.07, 6.45) is 11.0. The predicted octanol–water partition coefficient (Wildman–Crippen LogP) is 2.91. The van der Waals surface area contributed by atoms with Gasteiger partial charge in [0.05, 0.1) is 30.8 Å². The molecule has 6 nitrogen and oxygen atoms in total. The molecule has 0 radical (unpaired) electrons. The summed E-state index contributed by atoms with van der Waals surface area (Å²) in [7, 11) is 0. The van der Waals surface area contributed by atoms with E-state index in [2.05, 4.69) is 0 Å². The molecule has 1 aromatic heterocycles. The number of carbonyl (C=O) groups is 1. The summed E-state index contributed by atoms with van der Waals surface area (Å²) in [5.74, 6) is -0.826. The number of rotatable bonds is 12. The van der Waals surface area contributed by atoms with E-state index in [9.17, 15) is 20.1 Å². The van der Waals surface area contributed by atoms with E-state index < -0.39 is 24.3 Å². The van der Waals surface area contributed by atoms with Gasteiger partial charge in [-0.3, -0.25) is 4.79 Å². The highest BCUT2D eigenvalue weighted by atomic mass is 16.4. The maximum absolute atomic E-state index is 10.5. The number of unbranched alkanes of at least 4 members (excludes halogenated alkanes) is 1. The largest absolute Gasteiger partial charge is 0.481 e. The van der Waals surface area contributed by atoms with Crippen molar-refractivity contribution in [2.24, 2.45) is 11.8 Å². The van der Waals surface area contributed by atoms with Crippen LogP contribution in [0.3, 0.4) is 0 Å². The normalized spacial score (nSPS) is 26.6. The molecule has 0 bridgehead atoms. The SMILES string of the molecule is O=C(O)CCC/C=C\CC1C(CCC(O)CCc2ccoc2)[C@H](O)C[C@@H]1O. The second-order valence-electron chi connectivity index (χ2n) is 7.59. The highest BCUT2D eigenvalue weighted by Gasteiger charge is 2.40. The summed E-state index contributed by atoms with van der Waals surface area (Å²) in [6, 6.07) is 1.89. The number of aliphatic hydroxyl groups is 3. The summed E-state index contributed by atoms with van der Waals surface area (Å²) in [6.45, 7) is 0. The molecule has 0 aliphatic heterocycles. The Morgan fingerprint density at radius 3 is 2.70 bits per heavy atom. The lowest BCUT2D eigenvalue weighted by molar-refractivity contribution is -0.137. The molecule has 1 fully saturated rings. The van der Waals surface area contributed by atoms with Crippen LogP contribution >= 0.6 is 0 Å².